The molecule has 0 rings (SSSR count). The van der Waals surface area contributed by atoms with Gasteiger partial charge in [0.15, 0.2) is 0 Å². The van der Waals surface area contributed by atoms with Crippen molar-refractivity contribution in [2.75, 3.05) is 26.7 Å². The summed E-state index contributed by atoms with van der Waals surface area (Å²) in [4.78, 5) is 10.8. The zero-order valence-corrected chi connectivity index (χ0v) is 7.42. The van der Waals surface area contributed by atoms with Gasteiger partial charge in [0.05, 0.1) is 13.2 Å². The first-order valence-electron chi connectivity index (χ1n) is 3.76. The van der Waals surface area contributed by atoms with Gasteiger partial charge in [-0.2, -0.15) is 0 Å². The van der Waals surface area contributed by atoms with E-state index in [-0.39, 0.29) is 25.6 Å². The molecule has 0 aliphatic carbocycles. The summed E-state index contributed by atoms with van der Waals surface area (Å²) < 4.78 is 0. The first-order chi connectivity index (χ1) is 5.52. The van der Waals surface area contributed by atoms with Crippen molar-refractivity contribution in [2.24, 2.45) is 0 Å². The fourth-order valence-corrected chi connectivity index (χ4v) is 0.568. The molecule has 0 heterocycles. The molecule has 0 bridgehead atoms. The summed E-state index contributed by atoms with van der Waals surface area (Å²) in [6, 6.07) is 0. The molecule has 72 valence electrons. The molecule has 1 atom stereocenters. The fraction of sp³-hybridized carbons (Fsp3) is 0.857. The third-order valence-electron chi connectivity index (χ3n) is 1.34. The van der Waals surface area contributed by atoms with Crippen LogP contribution in [0.5, 0.6) is 0 Å². The van der Waals surface area contributed by atoms with Crippen LogP contribution < -0.4 is 10.6 Å². The third-order valence-corrected chi connectivity index (χ3v) is 1.34. The average molecular weight is 176 g/mol. The number of carbonyl (C=O) groups is 1. The molecule has 0 aromatic heterocycles. The fourth-order valence-electron chi connectivity index (χ4n) is 0.568. The van der Waals surface area contributed by atoms with Crippen LogP contribution >= 0.6 is 0 Å². The first kappa shape index (κ1) is 11.4. The SMILES string of the molecule is CNCC(=O)NCC(C)(O)CO. The highest BCUT2D eigenvalue weighted by atomic mass is 16.3. The Bertz CT molecular complexity index is 148. The zero-order valence-electron chi connectivity index (χ0n) is 7.42. The molecule has 1 unspecified atom stereocenters. The number of hydrogen-bond donors (Lipinski definition) is 4. The quantitative estimate of drug-likeness (QED) is 0.393. The lowest BCUT2D eigenvalue weighted by Gasteiger charge is -2.20. The van der Waals surface area contributed by atoms with Crippen LogP contribution in [0.4, 0.5) is 0 Å². The Labute approximate surface area is 71.8 Å². The minimum absolute atomic E-state index is 0.0595. The van der Waals surface area contributed by atoms with Gasteiger partial charge < -0.3 is 20.8 Å². The lowest BCUT2D eigenvalue weighted by Crippen LogP contribution is -2.45. The molecule has 5 nitrogen and oxygen atoms in total. The highest BCUT2D eigenvalue weighted by Gasteiger charge is 2.19. The van der Waals surface area contributed by atoms with Gasteiger partial charge in [-0.15, -0.1) is 0 Å². The molecule has 1 amide bonds. The van der Waals surface area contributed by atoms with Gasteiger partial charge >= 0.3 is 0 Å². The van der Waals surface area contributed by atoms with E-state index in [0.717, 1.165) is 0 Å². The van der Waals surface area contributed by atoms with Gasteiger partial charge in [-0.05, 0) is 14.0 Å². The van der Waals surface area contributed by atoms with E-state index in [4.69, 9.17) is 5.11 Å². The molecule has 0 spiro atoms. The van der Waals surface area contributed by atoms with Gasteiger partial charge in [0, 0.05) is 6.54 Å². The summed E-state index contributed by atoms with van der Waals surface area (Å²) in [7, 11) is 1.66. The van der Waals surface area contributed by atoms with Gasteiger partial charge in [-0.3, -0.25) is 4.79 Å². The molecule has 0 aromatic carbocycles. The smallest absolute Gasteiger partial charge is 0.234 e. The Hall–Kier alpha value is -0.650. The number of nitrogens with one attached hydrogen (secondary N) is 2. The van der Waals surface area contributed by atoms with Crippen LogP contribution in [-0.2, 0) is 4.79 Å². The number of aliphatic hydroxyl groups excluding tert-OH is 1. The first-order valence-corrected chi connectivity index (χ1v) is 3.76. The summed E-state index contributed by atoms with van der Waals surface area (Å²) in [5.41, 5.74) is -1.23. The number of hydrogen-bond acceptors (Lipinski definition) is 4. The maximum Gasteiger partial charge on any atom is 0.234 e. The molecule has 0 saturated carbocycles. The van der Waals surface area contributed by atoms with Crippen LogP contribution in [0.25, 0.3) is 0 Å². The van der Waals surface area contributed by atoms with E-state index in [1.165, 1.54) is 6.92 Å². The van der Waals surface area contributed by atoms with Crippen LogP contribution in [0, 0.1) is 0 Å². The standard InChI is InChI=1S/C7H16N2O3/c1-7(12,5-10)4-9-6(11)3-8-2/h8,10,12H,3-5H2,1-2H3,(H,9,11). The highest BCUT2D eigenvalue weighted by Crippen LogP contribution is 1.97. The van der Waals surface area contributed by atoms with Crippen molar-refractivity contribution in [3.05, 3.63) is 0 Å². The molecule has 0 aliphatic rings. The average Bonchev–Trinajstić information content (AvgIpc) is 2.02. The van der Waals surface area contributed by atoms with E-state index in [2.05, 4.69) is 10.6 Å². The minimum atomic E-state index is -1.23. The van der Waals surface area contributed by atoms with Gasteiger partial charge in [-0.25, -0.2) is 0 Å². The largest absolute Gasteiger partial charge is 0.393 e. The molecule has 0 fully saturated rings. The molecule has 4 N–H and O–H groups in total. The lowest BCUT2D eigenvalue weighted by molar-refractivity contribution is -0.121. The number of carbonyl (C=O) groups excluding carboxylic acids is 1. The van der Waals surface area contributed by atoms with E-state index in [9.17, 15) is 9.90 Å². The van der Waals surface area contributed by atoms with Gasteiger partial charge in [-0.1, -0.05) is 0 Å². The zero-order chi connectivity index (χ0) is 9.61. The Morgan fingerprint density at radius 3 is 2.58 bits per heavy atom. The van der Waals surface area contributed by atoms with Crippen LogP contribution in [0.1, 0.15) is 6.92 Å². The predicted molar refractivity (Wildman–Crippen MR) is 44.6 cm³/mol. The molecule has 5 heteroatoms. The maximum absolute atomic E-state index is 10.8. The second-order valence-corrected chi connectivity index (χ2v) is 2.96. The van der Waals surface area contributed by atoms with Gasteiger partial charge in [0.1, 0.15) is 5.60 Å². The van der Waals surface area contributed by atoms with Gasteiger partial charge in [0.25, 0.3) is 0 Å². The molecule has 0 radical (unpaired) electrons. The van der Waals surface area contributed by atoms with Crippen molar-refractivity contribution in [3.8, 4) is 0 Å². The normalized spacial score (nSPS) is 15.3. The Morgan fingerprint density at radius 1 is 1.58 bits per heavy atom. The van der Waals surface area contributed by atoms with Crippen molar-refractivity contribution in [2.45, 2.75) is 12.5 Å². The van der Waals surface area contributed by atoms with E-state index in [1.807, 2.05) is 0 Å². The number of likely N-dealkylation sites (N-methyl/N-ethyl adjacent to an activating group) is 1. The van der Waals surface area contributed by atoms with Crippen molar-refractivity contribution >= 4 is 5.91 Å². The molecular formula is C7H16N2O3. The Kier molecular flexibility index (Phi) is 4.80. The second kappa shape index (κ2) is 5.08. The third kappa shape index (κ3) is 5.06. The molecular weight excluding hydrogens is 160 g/mol. The summed E-state index contributed by atoms with van der Waals surface area (Å²) in [6.07, 6.45) is 0. The lowest BCUT2D eigenvalue weighted by atomic mass is 10.1. The second-order valence-electron chi connectivity index (χ2n) is 2.96. The number of aliphatic hydroxyl groups is 2. The predicted octanol–water partition coefficient (Wildman–Crippen LogP) is -1.93. The van der Waals surface area contributed by atoms with Gasteiger partial charge in [0.2, 0.25) is 5.91 Å². The van der Waals surface area contributed by atoms with Crippen LogP contribution in [0.2, 0.25) is 0 Å². The van der Waals surface area contributed by atoms with Crippen LogP contribution in [0.3, 0.4) is 0 Å². The summed E-state index contributed by atoms with van der Waals surface area (Å²) >= 11 is 0. The van der Waals surface area contributed by atoms with E-state index < -0.39 is 5.60 Å². The van der Waals surface area contributed by atoms with Crippen molar-refractivity contribution < 1.29 is 15.0 Å². The van der Waals surface area contributed by atoms with Crippen molar-refractivity contribution in [3.63, 3.8) is 0 Å². The monoisotopic (exact) mass is 176 g/mol. The summed E-state index contributed by atoms with van der Waals surface area (Å²) in [5.74, 6) is -0.203. The molecule has 0 aliphatic heterocycles. The van der Waals surface area contributed by atoms with Crippen LogP contribution in [-0.4, -0.2) is 48.5 Å². The summed E-state index contributed by atoms with van der Waals surface area (Å²) in [6.45, 7) is 1.35. The topological polar surface area (TPSA) is 81.6 Å². The molecule has 0 aromatic rings. The highest BCUT2D eigenvalue weighted by molar-refractivity contribution is 5.77. The Morgan fingerprint density at radius 2 is 2.17 bits per heavy atom. The summed E-state index contributed by atoms with van der Waals surface area (Å²) in [5, 5.41) is 23.0. The van der Waals surface area contributed by atoms with Crippen molar-refractivity contribution in [1.82, 2.24) is 10.6 Å². The Balaban J connectivity index is 3.60. The number of amides is 1. The van der Waals surface area contributed by atoms with E-state index >= 15 is 0 Å². The van der Waals surface area contributed by atoms with Crippen molar-refractivity contribution in [1.29, 1.82) is 0 Å². The van der Waals surface area contributed by atoms with Crippen LogP contribution in [0.15, 0.2) is 0 Å². The molecule has 0 saturated heterocycles. The maximum atomic E-state index is 10.8. The number of rotatable bonds is 5. The minimum Gasteiger partial charge on any atom is -0.393 e. The molecule has 12 heavy (non-hydrogen) atoms. The van der Waals surface area contributed by atoms with E-state index in [0.29, 0.717) is 0 Å². The van der Waals surface area contributed by atoms with E-state index in [1.54, 1.807) is 7.05 Å².